The number of benzene rings is 1. The zero-order chi connectivity index (χ0) is 8.27. The second-order valence-corrected chi connectivity index (χ2v) is 3.56. The molecular formula is C7H4INaO3. The maximum atomic E-state index is 10.4. The van der Waals surface area contributed by atoms with Crippen molar-refractivity contribution in [2.45, 2.75) is 0 Å². The van der Waals surface area contributed by atoms with E-state index >= 15 is 0 Å². The topological polar surface area (TPSA) is 57.2 Å². The SMILES string of the molecule is O=Ic1cccc(C(=O)[O-])c1.[Na+]. The van der Waals surface area contributed by atoms with Gasteiger partial charge < -0.3 is 9.90 Å². The van der Waals surface area contributed by atoms with Gasteiger partial charge in [-0.1, -0.05) is 12.1 Å². The number of hydrogen-bond donors (Lipinski definition) is 0. The van der Waals surface area contributed by atoms with E-state index in [4.69, 9.17) is 0 Å². The van der Waals surface area contributed by atoms with Crippen LogP contribution in [0.4, 0.5) is 0 Å². The number of carboxylic acid groups (broad SMARTS) is 1. The summed E-state index contributed by atoms with van der Waals surface area (Å²) in [7, 11) is 0. The van der Waals surface area contributed by atoms with Crippen LogP contribution in [0.5, 0.6) is 0 Å². The van der Waals surface area contributed by atoms with Gasteiger partial charge in [0.2, 0.25) is 0 Å². The summed E-state index contributed by atoms with van der Waals surface area (Å²) in [5, 5.41) is 10.3. The van der Waals surface area contributed by atoms with Crippen LogP contribution in [0.25, 0.3) is 0 Å². The Morgan fingerprint density at radius 1 is 1.42 bits per heavy atom. The fraction of sp³-hybridized carbons (Fsp3) is 0. The summed E-state index contributed by atoms with van der Waals surface area (Å²) in [6.45, 7) is 0. The second kappa shape index (κ2) is 5.80. The van der Waals surface area contributed by atoms with Crippen molar-refractivity contribution < 1.29 is 42.5 Å². The van der Waals surface area contributed by atoms with Gasteiger partial charge in [-0.2, -0.15) is 0 Å². The number of carboxylic acids is 1. The molecule has 0 saturated carbocycles. The molecule has 0 aliphatic heterocycles. The minimum atomic E-state index is -1.27. The van der Waals surface area contributed by atoms with Crippen LogP contribution < -0.4 is 34.7 Å². The van der Waals surface area contributed by atoms with Gasteiger partial charge in [0.15, 0.2) is 21.2 Å². The molecule has 5 heteroatoms. The van der Waals surface area contributed by atoms with Crippen LogP contribution in [0.3, 0.4) is 0 Å². The van der Waals surface area contributed by atoms with Crippen molar-refractivity contribution in [1.29, 1.82) is 0 Å². The van der Waals surface area contributed by atoms with Crippen LogP contribution >= 0.6 is 21.2 Å². The molecule has 0 amide bonds. The molecule has 0 radical (unpaired) electrons. The molecule has 58 valence electrons. The number of hydrogen-bond acceptors (Lipinski definition) is 3. The van der Waals surface area contributed by atoms with Crippen molar-refractivity contribution in [3.8, 4) is 0 Å². The summed E-state index contributed by atoms with van der Waals surface area (Å²) < 4.78 is 11.0. The van der Waals surface area contributed by atoms with Gasteiger partial charge in [0.25, 0.3) is 0 Å². The number of carbonyl (C=O) groups is 1. The normalized spacial score (nSPS) is 8.67. The van der Waals surface area contributed by atoms with E-state index in [1.807, 2.05) is 0 Å². The standard InChI is InChI=1S/C7H5IO3.Na/c9-7(10)5-2-1-3-6(4-5)8-11;/h1-4H,(H,9,10);/q;+1/p-1. The maximum Gasteiger partial charge on any atom is 1.00 e. The van der Waals surface area contributed by atoms with Crippen LogP contribution in [0.2, 0.25) is 0 Å². The minimum absolute atomic E-state index is 0. The van der Waals surface area contributed by atoms with Gasteiger partial charge in [-0.15, -0.1) is 0 Å². The third kappa shape index (κ3) is 3.30. The Morgan fingerprint density at radius 2 is 2.08 bits per heavy atom. The van der Waals surface area contributed by atoms with Crippen molar-refractivity contribution in [2.75, 3.05) is 0 Å². The molecule has 0 aromatic heterocycles. The second-order valence-electron chi connectivity index (χ2n) is 1.87. The molecule has 0 spiro atoms. The molecular weight excluding hydrogens is 282 g/mol. The van der Waals surface area contributed by atoms with E-state index in [0.29, 0.717) is 3.57 Å². The molecule has 1 rings (SSSR count). The minimum Gasteiger partial charge on any atom is -0.545 e. The van der Waals surface area contributed by atoms with Gasteiger partial charge >= 0.3 is 29.6 Å². The Hall–Kier alpha value is 0.220. The Labute approximate surface area is 102 Å². The van der Waals surface area contributed by atoms with E-state index in [9.17, 15) is 13.0 Å². The Balaban J connectivity index is 0.00000121. The summed E-state index contributed by atoms with van der Waals surface area (Å²) in [5.41, 5.74) is 0.0815. The molecule has 12 heavy (non-hydrogen) atoms. The van der Waals surface area contributed by atoms with Crippen LogP contribution in [0.1, 0.15) is 10.4 Å². The average molecular weight is 286 g/mol. The van der Waals surface area contributed by atoms with Crippen molar-refractivity contribution in [3.63, 3.8) is 0 Å². The van der Waals surface area contributed by atoms with Crippen LogP contribution in [0.15, 0.2) is 24.3 Å². The third-order valence-corrected chi connectivity index (χ3v) is 2.33. The van der Waals surface area contributed by atoms with Crippen molar-refractivity contribution in [3.05, 3.63) is 33.4 Å². The number of halogens is 1. The van der Waals surface area contributed by atoms with Crippen LogP contribution in [-0.4, -0.2) is 5.97 Å². The monoisotopic (exact) mass is 286 g/mol. The summed E-state index contributed by atoms with van der Waals surface area (Å²) in [5.74, 6) is -1.23. The third-order valence-electron chi connectivity index (χ3n) is 1.15. The molecule has 0 saturated heterocycles. The quantitative estimate of drug-likeness (QED) is 0.447. The first-order chi connectivity index (χ1) is 5.24. The van der Waals surface area contributed by atoms with E-state index < -0.39 is 27.2 Å². The summed E-state index contributed by atoms with van der Waals surface area (Å²) in [4.78, 5) is 10.3. The number of aromatic carboxylic acids is 1. The number of carbonyl (C=O) groups excluding carboxylic acids is 1. The molecule has 0 heterocycles. The summed E-state index contributed by atoms with van der Waals surface area (Å²) >= 11 is -1.27. The zero-order valence-corrected chi connectivity index (χ0v) is 10.6. The van der Waals surface area contributed by atoms with Crippen LogP contribution in [0, 0.1) is 3.57 Å². The molecule has 0 aliphatic rings. The fourth-order valence-electron chi connectivity index (χ4n) is 0.663. The molecule has 0 N–H and O–H groups in total. The molecule has 0 fully saturated rings. The maximum absolute atomic E-state index is 10.4. The van der Waals surface area contributed by atoms with Crippen LogP contribution in [-0.2, 0) is 3.07 Å². The average Bonchev–Trinajstić information content (AvgIpc) is 2.05. The molecule has 1 aromatic carbocycles. The smallest absolute Gasteiger partial charge is 0.545 e. The molecule has 0 bridgehead atoms. The van der Waals surface area contributed by atoms with E-state index in [1.165, 1.54) is 12.1 Å². The van der Waals surface area contributed by atoms with Gasteiger partial charge in [0, 0.05) is 3.57 Å². The summed E-state index contributed by atoms with van der Waals surface area (Å²) in [6.07, 6.45) is 0. The van der Waals surface area contributed by atoms with E-state index in [1.54, 1.807) is 12.1 Å². The fourth-order valence-corrected chi connectivity index (χ4v) is 1.48. The predicted molar refractivity (Wildman–Crippen MR) is 44.2 cm³/mol. The van der Waals surface area contributed by atoms with E-state index in [2.05, 4.69) is 0 Å². The van der Waals surface area contributed by atoms with Gasteiger partial charge in [-0.05, 0) is 17.7 Å². The first kappa shape index (κ1) is 12.2. The first-order valence-corrected chi connectivity index (χ1v) is 4.78. The van der Waals surface area contributed by atoms with Crippen molar-refractivity contribution >= 4 is 27.2 Å². The molecule has 3 nitrogen and oxygen atoms in total. The van der Waals surface area contributed by atoms with Gasteiger partial charge in [-0.3, -0.25) is 3.07 Å². The first-order valence-electron chi connectivity index (χ1n) is 2.82. The predicted octanol–water partition coefficient (Wildman–Crippen LogP) is -2.46. The number of rotatable bonds is 2. The molecule has 0 aliphatic carbocycles. The Morgan fingerprint density at radius 3 is 2.58 bits per heavy atom. The van der Waals surface area contributed by atoms with E-state index in [-0.39, 0.29) is 35.1 Å². The molecule has 0 atom stereocenters. The van der Waals surface area contributed by atoms with Gasteiger partial charge in [0.05, 0.1) is 5.97 Å². The van der Waals surface area contributed by atoms with Gasteiger partial charge in [0.1, 0.15) is 0 Å². The van der Waals surface area contributed by atoms with Crippen molar-refractivity contribution in [2.24, 2.45) is 0 Å². The zero-order valence-electron chi connectivity index (χ0n) is 6.41. The Kier molecular flexibility index (Phi) is 5.90. The van der Waals surface area contributed by atoms with Gasteiger partial charge in [-0.25, -0.2) is 0 Å². The summed E-state index contributed by atoms with van der Waals surface area (Å²) in [6, 6.07) is 5.97. The largest absolute Gasteiger partial charge is 1.00 e. The Bertz CT molecular complexity index is 300. The molecule has 1 aromatic rings. The van der Waals surface area contributed by atoms with E-state index in [0.717, 1.165) is 0 Å². The van der Waals surface area contributed by atoms with Crippen molar-refractivity contribution in [1.82, 2.24) is 0 Å². The molecule has 0 unspecified atom stereocenters.